The highest BCUT2D eigenvalue weighted by atomic mass is 79.9. The second-order valence-electron chi connectivity index (χ2n) is 16.2. The van der Waals surface area contributed by atoms with Crippen molar-refractivity contribution in [2.75, 3.05) is 0 Å². The lowest BCUT2D eigenvalue weighted by molar-refractivity contribution is 0.0695. The van der Waals surface area contributed by atoms with E-state index in [1.54, 1.807) is 18.2 Å². The molecule has 0 saturated heterocycles. The van der Waals surface area contributed by atoms with E-state index < -0.39 is 11.9 Å². The number of aliphatic imine (C=N–C) groups is 2. The maximum absolute atomic E-state index is 12.7. The van der Waals surface area contributed by atoms with Crippen LogP contribution in [0.1, 0.15) is 133 Å². The van der Waals surface area contributed by atoms with Crippen LogP contribution in [-0.2, 0) is 0 Å². The second-order valence-corrected chi connectivity index (χ2v) is 18.7. The molecule has 0 atom stereocenters. The number of benzene rings is 7. The molecule has 7 aromatic rings. The molecule has 0 spiro atoms. The molecule has 0 amide bonds. The van der Waals surface area contributed by atoms with Crippen LogP contribution >= 0.6 is 47.8 Å². The number of aliphatic hydroxyl groups excluding tert-OH is 2. The molecule has 302 valence electrons. The summed E-state index contributed by atoms with van der Waals surface area (Å²) in [6.07, 6.45) is 0. The third-order valence-electron chi connectivity index (χ3n) is 11.1. The lowest BCUT2D eigenvalue weighted by Crippen LogP contribution is -2.10. The Balaban J connectivity index is 1.74. The molecule has 7 aromatic carbocycles. The van der Waals surface area contributed by atoms with Gasteiger partial charge in [0.1, 0.15) is 0 Å². The van der Waals surface area contributed by atoms with Crippen LogP contribution in [0.25, 0.3) is 43.1 Å². The molecule has 0 aromatic heterocycles. The monoisotopic (exact) mass is 980 g/mol. The van der Waals surface area contributed by atoms with E-state index in [0.717, 1.165) is 22.3 Å². The van der Waals surface area contributed by atoms with Crippen molar-refractivity contribution in [1.29, 1.82) is 0 Å². The molecule has 11 heteroatoms. The van der Waals surface area contributed by atoms with Gasteiger partial charge in [-0.3, -0.25) is 0 Å². The van der Waals surface area contributed by atoms with Gasteiger partial charge in [-0.25, -0.2) is 19.6 Å². The van der Waals surface area contributed by atoms with Gasteiger partial charge in [-0.1, -0.05) is 146 Å². The minimum absolute atomic E-state index is 0.0817. The zero-order valence-corrected chi connectivity index (χ0v) is 38.6. The molecule has 4 N–H and O–H groups in total. The third-order valence-corrected chi connectivity index (χ3v) is 13.0. The van der Waals surface area contributed by atoms with Gasteiger partial charge in [0.2, 0.25) is 11.8 Å². The zero-order chi connectivity index (χ0) is 42.9. The van der Waals surface area contributed by atoms with Gasteiger partial charge in [0.15, 0.2) is 0 Å². The fourth-order valence-electron chi connectivity index (χ4n) is 8.38. The van der Waals surface area contributed by atoms with Crippen molar-refractivity contribution >= 4 is 126 Å². The van der Waals surface area contributed by atoms with Crippen LogP contribution in [0.3, 0.4) is 0 Å². The maximum atomic E-state index is 12.7. The van der Waals surface area contributed by atoms with Crippen LogP contribution in [0, 0.1) is 0 Å². The Morgan fingerprint density at radius 3 is 1.19 bits per heavy atom. The summed E-state index contributed by atoms with van der Waals surface area (Å²) in [5, 5.41) is 49.5. The number of hydrogen-bond acceptors (Lipinski definition) is 4. The topological polar surface area (TPSA) is 140 Å². The van der Waals surface area contributed by atoms with Gasteiger partial charge in [-0.2, -0.15) is 0 Å². The van der Waals surface area contributed by atoms with Gasteiger partial charge in [0.25, 0.3) is 0 Å². The standard InChI is InChI=1S/C48H43Br3N2O6/c1-20(2)24-11-9-12-25(21(3)4)43(24)52-45(54)30-17-33(49)38-28-15-16-29(47(56)57)36-32(48(58)59)19-35(51)40(39(28)36)41-34(50)18-31(37(30)42(38)41)46(55)53-44-26(22(5)6)13-10-14-27(44)23(7)8/h9-23H,1-8H3,(H,52,54)(H,53,55)(H,56,57)(H,58,59). The first-order valence-electron chi connectivity index (χ1n) is 19.4. The summed E-state index contributed by atoms with van der Waals surface area (Å²) in [4.78, 5) is 35.4. The van der Waals surface area contributed by atoms with Crippen LogP contribution < -0.4 is 0 Å². The van der Waals surface area contributed by atoms with Gasteiger partial charge in [0.05, 0.1) is 22.5 Å². The number of rotatable bonds is 10. The second kappa shape index (κ2) is 16.0. The number of aromatic carboxylic acids is 2. The Kier molecular flexibility index (Phi) is 11.4. The van der Waals surface area contributed by atoms with Crippen molar-refractivity contribution in [3.8, 4) is 0 Å². The predicted molar refractivity (Wildman–Crippen MR) is 252 cm³/mol. The highest BCUT2D eigenvalue weighted by Crippen LogP contribution is 2.51. The van der Waals surface area contributed by atoms with E-state index in [4.69, 9.17) is 9.98 Å². The van der Waals surface area contributed by atoms with Gasteiger partial charge >= 0.3 is 11.9 Å². The van der Waals surface area contributed by atoms with E-state index in [-0.39, 0.29) is 52.0 Å². The van der Waals surface area contributed by atoms with Gasteiger partial charge in [0, 0.05) is 62.2 Å². The van der Waals surface area contributed by atoms with E-state index in [1.165, 1.54) is 12.1 Å². The van der Waals surface area contributed by atoms with Crippen molar-refractivity contribution in [1.82, 2.24) is 0 Å². The van der Waals surface area contributed by atoms with E-state index in [1.807, 2.05) is 36.4 Å². The van der Waals surface area contributed by atoms with Crippen LogP contribution in [-0.4, -0.2) is 44.2 Å². The van der Waals surface area contributed by atoms with Crippen LogP contribution in [0.15, 0.2) is 90.1 Å². The molecule has 0 heterocycles. The van der Waals surface area contributed by atoms with Crippen molar-refractivity contribution in [2.45, 2.75) is 79.1 Å². The Morgan fingerprint density at radius 1 is 0.441 bits per heavy atom. The lowest BCUT2D eigenvalue weighted by Gasteiger charge is -2.23. The smallest absolute Gasteiger partial charge is 0.336 e. The van der Waals surface area contributed by atoms with Gasteiger partial charge in [-0.05, 0) is 75.6 Å². The molecule has 0 bridgehead atoms. The number of carboxylic acids is 2. The molecule has 0 aliphatic heterocycles. The highest BCUT2D eigenvalue weighted by Gasteiger charge is 2.30. The molecule has 59 heavy (non-hydrogen) atoms. The number of nitrogens with zero attached hydrogens (tertiary/aromatic N) is 2. The van der Waals surface area contributed by atoms with Crippen LogP contribution in [0.2, 0.25) is 0 Å². The molecule has 0 aliphatic carbocycles. The normalized spacial score (nSPS) is 12.9. The average Bonchev–Trinajstić information content (AvgIpc) is 3.17. The fourth-order valence-corrected chi connectivity index (χ4v) is 10.3. The van der Waals surface area contributed by atoms with E-state index in [2.05, 4.69) is 103 Å². The maximum Gasteiger partial charge on any atom is 0.336 e. The zero-order valence-electron chi connectivity index (χ0n) is 33.8. The molecule has 0 fully saturated rings. The molecule has 8 nitrogen and oxygen atoms in total. The first-order valence-corrected chi connectivity index (χ1v) is 21.8. The minimum atomic E-state index is -1.27. The SMILES string of the molecule is CC(C)c1cccc(C(C)C)c1N=C(O)c1cc(Br)c2c3ccc(C(=O)O)c4c(C(=O)O)cc(Br)c(c5c(Br)cc(C(O)=Nc6c(C(C)C)cccc6C(C)C)c1c25)c43. The molecular formula is C48H43Br3N2O6. The summed E-state index contributed by atoms with van der Waals surface area (Å²) in [5.74, 6) is -2.70. The molecule has 0 saturated carbocycles. The number of para-hydroxylation sites is 2. The van der Waals surface area contributed by atoms with E-state index in [0.29, 0.717) is 73.6 Å². The van der Waals surface area contributed by atoms with Crippen molar-refractivity contribution in [3.63, 3.8) is 0 Å². The van der Waals surface area contributed by atoms with Crippen molar-refractivity contribution < 1.29 is 30.0 Å². The number of carbonyl (C=O) groups is 2. The molecule has 0 unspecified atom stereocenters. The summed E-state index contributed by atoms with van der Waals surface area (Å²) in [6, 6.07) is 20.1. The number of hydrogen-bond donors (Lipinski definition) is 4. The Labute approximate surface area is 367 Å². The Bertz CT molecular complexity index is 2830. The molecule has 0 radical (unpaired) electrons. The number of fused-ring (bicyclic) bond motifs is 2. The summed E-state index contributed by atoms with van der Waals surface area (Å²) < 4.78 is 1.47. The Morgan fingerprint density at radius 2 is 0.797 bits per heavy atom. The van der Waals surface area contributed by atoms with Crippen LogP contribution in [0.4, 0.5) is 11.4 Å². The third kappa shape index (κ3) is 7.08. The van der Waals surface area contributed by atoms with Crippen molar-refractivity contribution in [2.24, 2.45) is 9.98 Å². The summed E-state index contributed by atoms with van der Waals surface area (Å²) in [6.45, 7) is 16.7. The fraction of sp³-hybridized carbons (Fsp3) is 0.250. The number of halogens is 3. The molecule has 7 rings (SSSR count). The highest BCUT2D eigenvalue weighted by molar-refractivity contribution is 9.11. The number of aliphatic hydroxyl groups is 2. The summed E-state index contributed by atoms with van der Waals surface area (Å²) in [7, 11) is 0. The van der Waals surface area contributed by atoms with E-state index >= 15 is 0 Å². The van der Waals surface area contributed by atoms with Crippen LogP contribution in [0.5, 0.6) is 0 Å². The van der Waals surface area contributed by atoms with E-state index in [9.17, 15) is 30.0 Å². The average molecular weight is 984 g/mol. The number of carboxylic acid groups (broad SMARTS) is 2. The van der Waals surface area contributed by atoms with Gasteiger partial charge in [-0.15, -0.1) is 0 Å². The minimum Gasteiger partial charge on any atom is -0.493 e. The first-order chi connectivity index (χ1) is 27.8. The summed E-state index contributed by atoms with van der Waals surface area (Å²) in [5.41, 5.74) is 5.52. The quantitative estimate of drug-likeness (QED) is 0.0466. The van der Waals surface area contributed by atoms with Crippen molar-refractivity contribution in [3.05, 3.63) is 125 Å². The molecule has 0 aliphatic rings. The first kappa shape index (κ1) is 42.3. The Hall–Kier alpha value is -4.84. The summed E-state index contributed by atoms with van der Waals surface area (Å²) >= 11 is 11.3. The lowest BCUT2D eigenvalue weighted by atomic mass is 9.84. The predicted octanol–water partition coefficient (Wildman–Crippen LogP) is 15.2. The van der Waals surface area contributed by atoms with Gasteiger partial charge < -0.3 is 20.4 Å². The molecular weight excluding hydrogens is 940 g/mol. The largest absolute Gasteiger partial charge is 0.493 e.